The standard InChI is InChI=1S/C72H107Br2N13O15/c1-13-46(6)68(86(10)72(98)55(44(2)3)36-61(91)67(45(4)5)85(8)9)62(99-11)37-66(95)87-28-14-15-60(87)69(100-12)47(7)70(96)81-51(40-80-84-75)33-48-16-18-49(19-17-48)34-54(90)43-79-64(93)25-22-52(88)41-77-63(92)24-21-53(89)42-78-65(94)26-29-101-31-32-102-30-27-76-71(97)50-20-23-56-57(35-50)83-59(39-74)58(38-73)82-56/h16-20,23,35,44-47,51,55,60,62,67-69H,13-15,21-22,24-34,36-43H2,1-12H3,(H,76,97)(H,77,92)(H,78,94)(H,79,93)(H,81,96)/t46-,47+,51-,55-,60-,62+,67-,68-,69+/m0/s1. The Hall–Kier alpha value is -7.18. The van der Waals surface area contributed by atoms with Gasteiger partial charge in [-0.1, -0.05) is 116 Å². The molecule has 28 nitrogen and oxygen atoms in total. The second-order valence-electron chi connectivity index (χ2n) is 26.8. The van der Waals surface area contributed by atoms with Gasteiger partial charge in [-0.15, -0.1) is 0 Å². The molecule has 102 heavy (non-hydrogen) atoms. The summed E-state index contributed by atoms with van der Waals surface area (Å²) in [7, 11) is 8.52. The third kappa shape index (κ3) is 28.8. The number of likely N-dealkylation sites (N-methyl/N-ethyl adjacent to an activating group) is 2. The Bertz CT molecular complexity index is 3330. The van der Waals surface area contributed by atoms with Gasteiger partial charge in [-0.3, -0.25) is 57.6 Å². The van der Waals surface area contributed by atoms with Crippen molar-refractivity contribution >= 4 is 107 Å². The molecule has 1 saturated heterocycles. The number of ether oxygens (including phenoxy) is 4. The van der Waals surface area contributed by atoms with Gasteiger partial charge in [0.2, 0.25) is 35.4 Å². The second-order valence-corrected chi connectivity index (χ2v) is 28.0. The van der Waals surface area contributed by atoms with Crippen LogP contribution in [0, 0.1) is 29.6 Å². The Balaban J connectivity index is 1.12. The SMILES string of the molecule is CC[C@H](C)[C@@H]([C@@H](CC(=O)N1CCC[C@H]1[C@H](OC)[C@@H](C)C(=O)N[C@H](CN=[N+]=[N-])Cc1ccc(CC(=O)CNC(=O)CCC(=O)CNC(=O)CCC(=O)CNC(=O)CCOCCOCCNC(=O)c2ccc3nc(CBr)c(CBr)nc3c2)cc1)OC)N(C)C(=O)[C@@H](CC(=O)[C@H](C(C)C)N(C)C)C(C)C. The monoisotopic (exact) mass is 1550 g/mol. The highest BCUT2D eigenvalue weighted by Crippen LogP contribution is 2.32. The number of aromatic nitrogens is 2. The van der Waals surface area contributed by atoms with Crippen molar-refractivity contribution in [3.8, 4) is 0 Å². The molecule has 2 aromatic carbocycles. The number of carbonyl (C=O) groups excluding carboxylic acids is 11. The predicted octanol–water partition coefficient (Wildman–Crippen LogP) is 6.51. The van der Waals surface area contributed by atoms with E-state index in [4.69, 9.17) is 18.9 Å². The van der Waals surface area contributed by atoms with E-state index in [1.54, 1.807) is 66.2 Å². The highest BCUT2D eigenvalue weighted by atomic mass is 79.9. The van der Waals surface area contributed by atoms with Gasteiger partial charge in [-0.2, -0.15) is 0 Å². The quantitative estimate of drug-likeness (QED) is 0.0132. The van der Waals surface area contributed by atoms with Crippen molar-refractivity contribution in [2.24, 2.45) is 34.7 Å². The molecule has 3 aromatic rings. The minimum Gasteiger partial charge on any atom is -0.379 e. The molecule has 1 aliphatic rings. The summed E-state index contributed by atoms with van der Waals surface area (Å²) in [5.41, 5.74) is 14.0. The van der Waals surface area contributed by atoms with Gasteiger partial charge in [-0.05, 0) is 86.0 Å². The number of nitrogens with one attached hydrogen (secondary N) is 5. The number of amides is 7. The zero-order chi connectivity index (χ0) is 75.6. The topological polar surface area (TPSA) is 369 Å². The second kappa shape index (κ2) is 45.8. The Morgan fingerprint density at radius 2 is 1.27 bits per heavy atom. The predicted molar refractivity (Wildman–Crippen MR) is 392 cm³/mol. The normalized spacial score (nSPS) is 15.3. The molecular formula is C72H107Br2N13O15. The maximum absolute atomic E-state index is 14.5. The van der Waals surface area contributed by atoms with Crippen molar-refractivity contribution < 1.29 is 71.7 Å². The summed E-state index contributed by atoms with van der Waals surface area (Å²) in [6.07, 6.45) is 0.0107. The average Bonchev–Trinajstić information content (AvgIpc) is 1.19. The third-order valence-electron chi connectivity index (χ3n) is 18.4. The number of nitrogens with zero attached hydrogens (tertiary/aromatic N) is 8. The first kappa shape index (κ1) is 87.2. The zero-order valence-corrected chi connectivity index (χ0v) is 64.5. The van der Waals surface area contributed by atoms with Crippen LogP contribution in [0.3, 0.4) is 0 Å². The Morgan fingerprint density at radius 3 is 1.82 bits per heavy atom. The van der Waals surface area contributed by atoms with Gasteiger partial charge in [0, 0.05) is 119 Å². The van der Waals surface area contributed by atoms with Crippen molar-refractivity contribution in [2.45, 2.75) is 173 Å². The van der Waals surface area contributed by atoms with Gasteiger partial charge >= 0.3 is 0 Å². The number of methoxy groups -OCH3 is 2. The number of ketones is 4. The van der Waals surface area contributed by atoms with Crippen LogP contribution in [0.4, 0.5) is 0 Å². The fourth-order valence-electron chi connectivity index (χ4n) is 12.6. The lowest BCUT2D eigenvalue weighted by atomic mass is 9.83. The van der Waals surface area contributed by atoms with Crippen LogP contribution >= 0.6 is 31.9 Å². The Labute approximate surface area is 616 Å². The summed E-state index contributed by atoms with van der Waals surface area (Å²) >= 11 is 6.84. The summed E-state index contributed by atoms with van der Waals surface area (Å²) in [5.74, 6) is -5.15. The van der Waals surface area contributed by atoms with Gasteiger partial charge in [0.15, 0.2) is 23.1 Å². The smallest absolute Gasteiger partial charge is 0.251 e. The molecule has 1 aromatic heterocycles. The molecule has 564 valence electrons. The minimum atomic E-state index is -0.756. The van der Waals surface area contributed by atoms with Crippen LogP contribution in [0.25, 0.3) is 21.5 Å². The van der Waals surface area contributed by atoms with E-state index >= 15 is 0 Å². The van der Waals surface area contributed by atoms with E-state index in [1.165, 1.54) is 14.2 Å². The fraction of sp³-hybridized carbons (Fsp3) is 0.653. The maximum atomic E-state index is 14.5. The molecule has 0 spiro atoms. The van der Waals surface area contributed by atoms with E-state index < -0.39 is 71.5 Å². The lowest BCUT2D eigenvalue weighted by Crippen LogP contribution is -2.54. The number of benzene rings is 2. The van der Waals surface area contributed by atoms with E-state index in [0.29, 0.717) is 58.6 Å². The summed E-state index contributed by atoms with van der Waals surface area (Å²) in [5, 5.41) is 18.1. The first-order valence-electron chi connectivity index (χ1n) is 35.0. The largest absolute Gasteiger partial charge is 0.379 e. The van der Waals surface area contributed by atoms with Crippen molar-refractivity contribution in [1.29, 1.82) is 0 Å². The van der Waals surface area contributed by atoms with Crippen molar-refractivity contribution in [2.75, 3.05) is 101 Å². The lowest BCUT2D eigenvalue weighted by Gasteiger charge is -2.41. The number of Topliss-reactive ketones (excluding diaryl/α,β-unsaturated/α-hetero) is 4. The van der Waals surface area contributed by atoms with Crippen LogP contribution in [0.1, 0.15) is 146 Å². The van der Waals surface area contributed by atoms with E-state index in [1.807, 2.05) is 60.5 Å². The van der Waals surface area contributed by atoms with Gasteiger partial charge in [0.25, 0.3) is 5.91 Å². The van der Waals surface area contributed by atoms with Gasteiger partial charge < -0.3 is 55.3 Å². The van der Waals surface area contributed by atoms with E-state index in [0.717, 1.165) is 17.0 Å². The number of hydrogen-bond donors (Lipinski definition) is 5. The average molecular weight is 1550 g/mol. The molecule has 0 bridgehead atoms. The molecule has 2 heterocycles. The van der Waals surface area contributed by atoms with Crippen molar-refractivity contribution in [1.82, 2.24) is 51.3 Å². The first-order valence-corrected chi connectivity index (χ1v) is 37.3. The molecular weight excluding hydrogens is 1450 g/mol. The molecule has 1 fully saturated rings. The summed E-state index contributed by atoms with van der Waals surface area (Å²) < 4.78 is 23.1. The number of likely N-dealkylation sites (tertiary alicyclic amines) is 1. The summed E-state index contributed by atoms with van der Waals surface area (Å²) in [6, 6.07) is 10.3. The minimum absolute atomic E-state index is 0.00680. The number of azide groups is 1. The van der Waals surface area contributed by atoms with Crippen LogP contribution < -0.4 is 26.6 Å². The van der Waals surface area contributed by atoms with E-state index in [2.05, 4.69) is 78.4 Å². The van der Waals surface area contributed by atoms with Crippen LogP contribution in [-0.2, 0) is 90.4 Å². The number of hydrogen-bond acceptors (Lipinski definition) is 19. The van der Waals surface area contributed by atoms with Crippen molar-refractivity contribution in [3.63, 3.8) is 0 Å². The number of fused-ring (bicyclic) bond motifs is 1. The first-order chi connectivity index (χ1) is 48.6. The molecule has 0 aliphatic carbocycles. The number of alkyl halides is 2. The molecule has 7 amide bonds. The fourth-order valence-corrected chi connectivity index (χ4v) is 13.5. The Morgan fingerprint density at radius 1 is 0.696 bits per heavy atom. The third-order valence-corrected chi connectivity index (χ3v) is 19.4. The Kier molecular flexibility index (Phi) is 39.2. The molecule has 0 saturated carbocycles. The van der Waals surface area contributed by atoms with Crippen LogP contribution in [0.15, 0.2) is 47.6 Å². The molecule has 30 heteroatoms. The van der Waals surface area contributed by atoms with Crippen LogP contribution in [0.2, 0.25) is 0 Å². The zero-order valence-electron chi connectivity index (χ0n) is 61.3. The van der Waals surface area contributed by atoms with E-state index in [9.17, 15) is 58.3 Å². The number of halogens is 2. The highest BCUT2D eigenvalue weighted by Gasteiger charge is 2.43. The maximum Gasteiger partial charge on any atom is 0.251 e. The van der Waals surface area contributed by atoms with E-state index in [-0.39, 0.29) is 176 Å². The number of rotatable bonds is 49. The summed E-state index contributed by atoms with van der Waals surface area (Å²) in [4.78, 5) is 162. The van der Waals surface area contributed by atoms with Gasteiger partial charge in [0.1, 0.15) is 0 Å². The highest BCUT2D eigenvalue weighted by molar-refractivity contribution is 9.09. The molecule has 9 atom stereocenters. The van der Waals surface area contributed by atoms with Gasteiger partial charge in [-0.25, -0.2) is 9.97 Å². The molecule has 5 N–H and O–H groups in total. The van der Waals surface area contributed by atoms with Crippen molar-refractivity contribution in [3.05, 3.63) is 81.0 Å². The molecule has 0 unspecified atom stereocenters. The van der Waals surface area contributed by atoms with Crippen LogP contribution in [-0.4, -0.2) is 227 Å². The lowest BCUT2D eigenvalue weighted by molar-refractivity contribution is -0.149. The van der Waals surface area contributed by atoms with Crippen LogP contribution in [0.5, 0.6) is 0 Å². The molecule has 0 radical (unpaired) electrons. The number of carbonyl (C=O) groups is 11. The summed E-state index contributed by atoms with van der Waals surface area (Å²) in [6.45, 7) is 14.1. The molecule has 1 aliphatic heterocycles. The molecule has 4 rings (SSSR count). The van der Waals surface area contributed by atoms with Gasteiger partial charge in [0.05, 0.1) is 111 Å².